The van der Waals surface area contributed by atoms with Crippen LogP contribution in [0.4, 0.5) is 0 Å². The summed E-state index contributed by atoms with van der Waals surface area (Å²) in [5.74, 6) is -0.0615. The lowest BCUT2D eigenvalue weighted by atomic mass is 10.0. The fourth-order valence-corrected chi connectivity index (χ4v) is 10.5. The molecule has 442 valence electrons. The van der Waals surface area contributed by atoms with Crippen molar-refractivity contribution in [1.29, 1.82) is 0 Å². The van der Waals surface area contributed by atoms with Gasteiger partial charge in [0.05, 0.1) is 25.4 Å². The number of hydrogen-bond donors (Lipinski definition) is 3. The predicted octanol–water partition coefficient (Wildman–Crippen LogP) is 21.5. The first kappa shape index (κ1) is 73.1. The zero-order valence-corrected chi connectivity index (χ0v) is 50.5. The highest BCUT2D eigenvalue weighted by Crippen LogP contribution is 2.18. The van der Waals surface area contributed by atoms with E-state index in [9.17, 15) is 19.8 Å². The second-order valence-electron chi connectivity index (χ2n) is 23.2. The van der Waals surface area contributed by atoms with Crippen LogP contribution in [0.1, 0.15) is 367 Å². The molecular weight excluding hydrogens is 923 g/mol. The molecule has 0 aliphatic carbocycles. The topological polar surface area (TPSA) is 95.9 Å². The number of rotatable bonds is 63. The molecule has 0 bridgehead atoms. The monoisotopic (exact) mass is 1050 g/mol. The highest BCUT2D eigenvalue weighted by Gasteiger charge is 2.20. The predicted molar refractivity (Wildman–Crippen MR) is 329 cm³/mol. The van der Waals surface area contributed by atoms with Crippen LogP contribution in [0, 0.1) is 0 Å². The lowest BCUT2D eigenvalue weighted by Gasteiger charge is -2.22. The highest BCUT2D eigenvalue weighted by atomic mass is 16.5. The molecule has 6 nitrogen and oxygen atoms in total. The first-order chi connectivity index (χ1) is 37.0. The molecule has 3 N–H and O–H groups in total. The molecule has 0 aromatic carbocycles. The normalized spacial score (nSPS) is 12.7. The maximum Gasteiger partial charge on any atom is 0.305 e. The lowest BCUT2D eigenvalue weighted by Crippen LogP contribution is -2.45. The minimum atomic E-state index is -0.673. The smallest absolute Gasteiger partial charge is 0.305 e. The van der Waals surface area contributed by atoms with E-state index in [-0.39, 0.29) is 18.5 Å². The average Bonchev–Trinajstić information content (AvgIpc) is 3.41. The zero-order valence-electron chi connectivity index (χ0n) is 50.5. The molecule has 2 unspecified atom stereocenters. The van der Waals surface area contributed by atoms with Gasteiger partial charge in [0.15, 0.2) is 0 Å². The van der Waals surface area contributed by atoms with Crippen molar-refractivity contribution in [2.45, 2.75) is 379 Å². The summed E-state index contributed by atoms with van der Waals surface area (Å²) < 4.78 is 5.46. The van der Waals surface area contributed by atoms with Gasteiger partial charge >= 0.3 is 5.97 Å². The van der Waals surface area contributed by atoms with Crippen LogP contribution in [0.15, 0.2) is 36.5 Å². The van der Waals surface area contributed by atoms with Crippen molar-refractivity contribution in [2.75, 3.05) is 13.2 Å². The number of amides is 1. The molecule has 0 heterocycles. The quantitative estimate of drug-likeness (QED) is 0.0244. The molecule has 75 heavy (non-hydrogen) atoms. The molecule has 6 heteroatoms. The van der Waals surface area contributed by atoms with Crippen molar-refractivity contribution in [1.82, 2.24) is 5.32 Å². The first-order valence-corrected chi connectivity index (χ1v) is 33.8. The number of aliphatic hydroxyl groups is 2. The van der Waals surface area contributed by atoms with Gasteiger partial charge in [-0.3, -0.25) is 9.59 Å². The van der Waals surface area contributed by atoms with Gasteiger partial charge in [-0.05, 0) is 83.5 Å². The van der Waals surface area contributed by atoms with Gasteiger partial charge in [-0.2, -0.15) is 0 Å². The molecule has 2 atom stereocenters. The summed E-state index contributed by atoms with van der Waals surface area (Å²) in [5.41, 5.74) is 0. The Morgan fingerprint density at radius 3 is 1.03 bits per heavy atom. The zero-order chi connectivity index (χ0) is 54.3. The number of allylic oxidation sites excluding steroid dienone is 6. The summed E-state index contributed by atoms with van der Waals surface area (Å²) in [6.07, 6.45) is 81.7. The molecule has 0 spiro atoms. The van der Waals surface area contributed by atoms with Crippen LogP contribution >= 0.6 is 0 Å². The third kappa shape index (κ3) is 61.2. The van der Waals surface area contributed by atoms with Gasteiger partial charge in [-0.1, -0.05) is 307 Å². The van der Waals surface area contributed by atoms with Crippen molar-refractivity contribution in [3.63, 3.8) is 0 Å². The summed E-state index contributed by atoms with van der Waals surface area (Å²) in [6, 6.07) is -0.551. The van der Waals surface area contributed by atoms with Gasteiger partial charge in [0.25, 0.3) is 0 Å². The molecule has 0 fully saturated rings. The largest absolute Gasteiger partial charge is 0.466 e. The summed E-state index contributed by atoms with van der Waals surface area (Å²) in [4.78, 5) is 24.6. The third-order valence-corrected chi connectivity index (χ3v) is 15.7. The van der Waals surface area contributed by atoms with Gasteiger partial charge in [-0.25, -0.2) is 0 Å². The van der Waals surface area contributed by atoms with Gasteiger partial charge in [0, 0.05) is 12.8 Å². The highest BCUT2D eigenvalue weighted by molar-refractivity contribution is 5.76. The van der Waals surface area contributed by atoms with Gasteiger partial charge in [0.1, 0.15) is 0 Å². The lowest BCUT2D eigenvalue weighted by molar-refractivity contribution is -0.143. The van der Waals surface area contributed by atoms with E-state index in [1.165, 1.54) is 263 Å². The Hall–Kier alpha value is -1.92. The minimum Gasteiger partial charge on any atom is -0.466 e. The minimum absolute atomic E-state index is 0.0200. The number of ether oxygens (including phenoxy) is 1. The Morgan fingerprint density at radius 1 is 0.373 bits per heavy atom. The Labute approximate surface area is 468 Å². The third-order valence-electron chi connectivity index (χ3n) is 15.7. The second-order valence-corrected chi connectivity index (χ2v) is 23.2. The number of aliphatic hydroxyl groups excluding tert-OH is 2. The molecule has 0 aliphatic heterocycles. The van der Waals surface area contributed by atoms with Crippen LogP contribution in [0.2, 0.25) is 0 Å². The second kappa shape index (κ2) is 64.6. The van der Waals surface area contributed by atoms with E-state index in [0.717, 1.165) is 70.6 Å². The molecule has 0 aliphatic rings. The fourth-order valence-electron chi connectivity index (χ4n) is 10.5. The van der Waals surface area contributed by atoms with Crippen LogP contribution in [0.25, 0.3) is 0 Å². The molecule has 0 saturated heterocycles. The van der Waals surface area contributed by atoms with E-state index in [0.29, 0.717) is 25.9 Å². The van der Waals surface area contributed by atoms with Crippen molar-refractivity contribution in [2.24, 2.45) is 0 Å². The molecule has 0 radical (unpaired) electrons. The number of hydrogen-bond acceptors (Lipinski definition) is 5. The maximum atomic E-state index is 12.5. The summed E-state index contributed by atoms with van der Waals surface area (Å²) >= 11 is 0. The van der Waals surface area contributed by atoms with Gasteiger partial charge in [-0.15, -0.1) is 0 Å². The summed E-state index contributed by atoms with van der Waals surface area (Å²) in [5, 5.41) is 23.4. The number of carbonyl (C=O) groups is 2. The molecule has 1 amide bonds. The van der Waals surface area contributed by atoms with Crippen molar-refractivity contribution < 1.29 is 24.5 Å². The molecule has 0 rings (SSSR count). The van der Waals surface area contributed by atoms with Crippen molar-refractivity contribution >= 4 is 11.9 Å². The molecule has 0 aromatic rings. The molecular formula is C69H131NO5. The van der Waals surface area contributed by atoms with Crippen LogP contribution in [-0.2, 0) is 14.3 Å². The van der Waals surface area contributed by atoms with Crippen molar-refractivity contribution in [3.05, 3.63) is 36.5 Å². The van der Waals surface area contributed by atoms with Crippen LogP contribution in [0.3, 0.4) is 0 Å². The number of esters is 1. The van der Waals surface area contributed by atoms with Crippen LogP contribution in [-0.4, -0.2) is 47.4 Å². The van der Waals surface area contributed by atoms with E-state index in [4.69, 9.17) is 4.74 Å². The molecule has 0 aromatic heterocycles. The Bertz CT molecular complexity index is 1210. The van der Waals surface area contributed by atoms with E-state index < -0.39 is 12.1 Å². The first-order valence-electron chi connectivity index (χ1n) is 33.8. The summed E-state index contributed by atoms with van der Waals surface area (Å²) in [7, 11) is 0. The van der Waals surface area contributed by atoms with E-state index in [1.54, 1.807) is 0 Å². The van der Waals surface area contributed by atoms with Crippen LogP contribution in [0.5, 0.6) is 0 Å². The van der Waals surface area contributed by atoms with Crippen LogP contribution < -0.4 is 5.32 Å². The number of carbonyl (C=O) groups excluding carboxylic acids is 2. The molecule has 0 saturated carbocycles. The maximum absolute atomic E-state index is 12.5. The fraction of sp³-hybridized carbons (Fsp3) is 0.884. The van der Waals surface area contributed by atoms with Gasteiger partial charge < -0.3 is 20.3 Å². The number of unbranched alkanes of at least 4 members (excludes halogenated alkanes) is 47. The van der Waals surface area contributed by atoms with E-state index >= 15 is 0 Å². The number of nitrogens with one attached hydrogen (secondary N) is 1. The Morgan fingerprint density at radius 2 is 0.667 bits per heavy atom. The van der Waals surface area contributed by atoms with Gasteiger partial charge in [0.2, 0.25) is 5.91 Å². The Kier molecular flexibility index (Phi) is 63.0. The van der Waals surface area contributed by atoms with E-state index in [2.05, 4.69) is 55.6 Å². The van der Waals surface area contributed by atoms with E-state index in [1.807, 2.05) is 0 Å². The SMILES string of the molecule is CCCCCCCCC/C=C\CCCCCCCC(=O)OCCCCC/C=C\C=C/CCCCCCCCCCCCC(=O)NC(CO)C(O)CCCCCCCCCCCCCCCCCCCCCCCCC. The Balaban J connectivity index is 3.47. The summed E-state index contributed by atoms with van der Waals surface area (Å²) in [6.45, 7) is 4.93. The van der Waals surface area contributed by atoms with Crippen molar-refractivity contribution in [3.8, 4) is 0 Å². The average molecular weight is 1050 g/mol. The standard InChI is InChI=1S/C69H131NO5/c1-3-5-7-9-11-13-15-17-19-21-22-23-24-25-27-30-33-37-41-45-49-53-57-61-67(72)66(65-71)70-68(73)62-58-54-50-46-42-38-34-31-28-26-29-32-36-40-44-48-52-56-60-64-75-69(74)63-59-55-51-47-43-39-35-20-18-16-14-12-10-8-6-4-2/h20,32,35-36,40,44,66-67,71-72H,3-19,21-31,33-34,37-39,41-43,45-65H2,1-2H3,(H,70,73)/b35-20-,36-32-,44-40-.